The van der Waals surface area contributed by atoms with Crippen molar-refractivity contribution in [3.8, 4) is 23.0 Å². The fraction of sp³-hybridized carbons (Fsp3) is 0.259. The first-order chi connectivity index (χ1) is 17.0. The van der Waals surface area contributed by atoms with Gasteiger partial charge in [-0.1, -0.05) is 11.2 Å². The highest BCUT2D eigenvalue weighted by atomic mass is 19.1. The van der Waals surface area contributed by atoms with Crippen molar-refractivity contribution in [3.05, 3.63) is 76.7 Å². The lowest BCUT2D eigenvalue weighted by atomic mass is 9.98. The van der Waals surface area contributed by atoms with E-state index in [2.05, 4.69) is 5.16 Å². The van der Waals surface area contributed by atoms with Crippen molar-refractivity contribution in [1.82, 2.24) is 5.16 Å². The maximum absolute atomic E-state index is 14.9. The van der Waals surface area contributed by atoms with Gasteiger partial charge in [0.2, 0.25) is 0 Å². The minimum Gasteiger partial charge on any atom is -0.492 e. The molecule has 1 aliphatic heterocycles. The quantitative estimate of drug-likeness (QED) is 0.361. The van der Waals surface area contributed by atoms with E-state index in [-0.39, 0.29) is 18.2 Å². The van der Waals surface area contributed by atoms with Gasteiger partial charge in [-0.15, -0.1) is 0 Å². The summed E-state index contributed by atoms with van der Waals surface area (Å²) in [6, 6.07) is 13.9. The molecular formula is C27H22FNO6. The van der Waals surface area contributed by atoms with Gasteiger partial charge >= 0.3 is 5.97 Å². The Hall–Kier alpha value is -4.07. The van der Waals surface area contributed by atoms with Crippen molar-refractivity contribution < 1.29 is 33.0 Å². The number of ether oxygens (including phenoxy) is 3. The van der Waals surface area contributed by atoms with Gasteiger partial charge in [0.15, 0.2) is 5.58 Å². The van der Waals surface area contributed by atoms with Gasteiger partial charge in [0.1, 0.15) is 34.9 Å². The van der Waals surface area contributed by atoms with Gasteiger partial charge in [-0.2, -0.15) is 0 Å². The number of hydrogen-bond acceptors (Lipinski definition) is 6. The minimum absolute atomic E-state index is 0.0141. The summed E-state index contributed by atoms with van der Waals surface area (Å²) in [5.74, 6) is 0.946. The van der Waals surface area contributed by atoms with Gasteiger partial charge in [-0.05, 0) is 50.1 Å². The maximum atomic E-state index is 14.9. The lowest BCUT2D eigenvalue weighted by Gasteiger charge is -2.17. The van der Waals surface area contributed by atoms with Crippen LogP contribution in [0, 0.1) is 12.7 Å². The predicted octanol–water partition coefficient (Wildman–Crippen LogP) is 6.08. The molecule has 0 radical (unpaired) electrons. The molecule has 4 aromatic rings. The van der Waals surface area contributed by atoms with Crippen LogP contribution in [-0.4, -0.2) is 22.8 Å². The molecule has 3 aromatic carbocycles. The Morgan fingerprint density at radius 2 is 2.03 bits per heavy atom. The van der Waals surface area contributed by atoms with Crippen LogP contribution >= 0.6 is 0 Å². The van der Waals surface area contributed by atoms with Crippen LogP contribution in [-0.2, 0) is 11.2 Å². The molecule has 0 bridgehead atoms. The molecule has 1 aliphatic carbocycles. The second kappa shape index (κ2) is 8.30. The Balaban J connectivity index is 1.24. The number of fused-ring (bicyclic) bond motifs is 3. The number of carboxylic acids is 1. The zero-order valence-electron chi connectivity index (χ0n) is 18.9. The molecule has 1 N–H and O–H groups in total. The van der Waals surface area contributed by atoms with Gasteiger partial charge in [-0.3, -0.25) is 4.79 Å². The molecule has 178 valence electrons. The molecule has 2 aliphatic rings. The Bertz CT molecular complexity index is 1460. The minimum atomic E-state index is -0.862. The number of aryl methyl sites for hydroxylation is 1. The molecule has 0 saturated heterocycles. The first kappa shape index (κ1) is 21.5. The standard InChI is InChI=1S/C27H22FNO6/c1-14-18-4-2-17(12-25(18)35-29-14)33-22-9-7-21(28)27-20(22)6-8-23(27)34-16-3-5-19-15(10-26(30)31)13-32-24(19)11-16/h2-5,7,9,11-12,15,23H,6,8,10,13H2,1H3,(H,30,31). The van der Waals surface area contributed by atoms with E-state index >= 15 is 0 Å². The Morgan fingerprint density at radius 1 is 1.17 bits per heavy atom. The van der Waals surface area contributed by atoms with Crippen molar-refractivity contribution >= 4 is 16.9 Å². The topological polar surface area (TPSA) is 91.0 Å². The normalized spacial score (nSPS) is 18.2. The zero-order chi connectivity index (χ0) is 24.1. The lowest BCUT2D eigenvalue weighted by Crippen LogP contribution is -2.07. The van der Waals surface area contributed by atoms with Crippen LogP contribution in [0.25, 0.3) is 11.0 Å². The molecule has 0 spiro atoms. The maximum Gasteiger partial charge on any atom is 0.304 e. The Kier molecular flexibility index (Phi) is 5.09. The molecule has 1 aromatic heterocycles. The van der Waals surface area contributed by atoms with Crippen LogP contribution in [0.4, 0.5) is 4.39 Å². The molecular weight excluding hydrogens is 453 g/mol. The Morgan fingerprint density at radius 3 is 2.89 bits per heavy atom. The predicted molar refractivity (Wildman–Crippen MR) is 124 cm³/mol. The third-order valence-corrected chi connectivity index (χ3v) is 6.66. The molecule has 2 unspecified atom stereocenters. The van der Waals surface area contributed by atoms with Crippen molar-refractivity contribution in [3.63, 3.8) is 0 Å². The van der Waals surface area contributed by atoms with E-state index in [1.54, 1.807) is 24.3 Å². The van der Waals surface area contributed by atoms with Crippen molar-refractivity contribution in [1.29, 1.82) is 0 Å². The molecule has 6 rings (SSSR count). The van der Waals surface area contributed by atoms with Gasteiger partial charge < -0.3 is 23.8 Å². The molecule has 2 atom stereocenters. The summed E-state index contributed by atoms with van der Waals surface area (Å²) in [5, 5.41) is 14.0. The summed E-state index contributed by atoms with van der Waals surface area (Å²) in [6.45, 7) is 2.20. The van der Waals surface area contributed by atoms with E-state index in [9.17, 15) is 9.18 Å². The summed E-state index contributed by atoms with van der Waals surface area (Å²) >= 11 is 0. The van der Waals surface area contributed by atoms with E-state index in [0.29, 0.717) is 53.6 Å². The first-order valence-electron chi connectivity index (χ1n) is 11.5. The monoisotopic (exact) mass is 475 g/mol. The molecule has 2 heterocycles. The number of aliphatic carboxylic acids is 1. The highest BCUT2D eigenvalue weighted by Crippen LogP contribution is 2.44. The van der Waals surface area contributed by atoms with E-state index in [1.165, 1.54) is 6.07 Å². The van der Waals surface area contributed by atoms with Gasteiger partial charge in [0, 0.05) is 40.1 Å². The largest absolute Gasteiger partial charge is 0.492 e. The zero-order valence-corrected chi connectivity index (χ0v) is 18.9. The molecule has 0 amide bonds. The molecule has 35 heavy (non-hydrogen) atoms. The highest BCUT2D eigenvalue weighted by molar-refractivity contribution is 5.80. The SMILES string of the molecule is Cc1noc2cc(Oc3ccc(F)c4c3CCC4Oc3ccc4c(c3)OCC4CC(=O)O)ccc12. The first-order valence-corrected chi connectivity index (χ1v) is 11.5. The van der Waals surface area contributed by atoms with E-state index in [0.717, 1.165) is 22.2 Å². The van der Waals surface area contributed by atoms with Crippen LogP contribution in [0.3, 0.4) is 0 Å². The lowest BCUT2D eigenvalue weighted by molar-refractivity contribution is -0.137. The smallest absolute Gasteiger partial charge is 0.304 e. The highest BCUT2D eigenvalue weighted by Gasteiger charge is 2.32. The van der Waals surface area contributed by atoms with E-state index < -0.39 is 12.1 Å². The average Bonchev–Trinajstić information content (AvgIpc) is 3.54. The van der Waals surface area contributed by atoms with Gasteiger partial charge in [0.25, 0.3) is 0 Å². The third kappa shape index (κ3) is 3.84. The Labute approximate surface area is 200 Å². The second-order valence-electron chi connectivity index (χ2n) is 8.92. The summed E-state index contributed by atoms with van der Waals surface area (Å²) in [4.78, 5) is 11.1. The number of hydrogen-bond donors (Lipinski definition) is 1. The van der Waals surface area contributed by atoms with Crippen LogP contribution in [0.2, 0.25) is 0 Å². The van der Waals surface area contributed by atoms with Crippen molar-refractivity contribution in [2.75, 3.05) is 6.61 Å². The fourth-order valence-electron chi connectivity index (χ4n) is 4.96. The van der Waals surface area contributed by atoms with Crippen molar-refractivity contribution in [2.45, 2.75) is 38.2 Å². The number of carbonyl (C=O) groups is 1. The van der Waals surface area contributed by atoms with Gasteiger partial charge in [-0.25, -0.2) is 4.39 Å². The molecule has 0 saturated carbocycles. The number of rotatable bonds is 6. The molecule has 7 nitrogen and oxygen atoms in total. The number of halogens is 1. The van der Waals surface area contributed by atoms with Crippen LogP contribution in [0.5, 0.6) is 23.0 Å². The summed E-state index contributed by atoms with van der Waals surface area (Å²) in [5.41, 5.74) is 3.56. The number of benzene rings is 3. The summed E-state index contributed by atoms with van der Waals surface area (Å²) in [7, 11) is 0. The number of nitrogens with zero attached hydrogens (tertiary/aromatic N) is 1. The fourth-order valence-corrected chi connectivity index (χ4v) is 4.96. The van der Waals surface area contributed by atoms with E-state index in [1.807, 2.05) is 25.1 Å². The van der Waals surface area contributed by atoms with Crippen molar-refractivity contribution in [2.24, 2.45) is 0 Å². The average molecular weight is 475 g/mol. The van der Waals surface area contributed by atoms with Crippen LogP contribution in [0.1, 0.15) is 47.2 Å². The number of aromatic nitrogens is 1. The number of carboxylic acid groups (broad SMARTS) is 1. The molecule has 8 heteroatoms. The summed E-state index contributed by atoms with van der Waals surface area (Å²) in [6.07, 6.45) is 0.758. The molecule has 0 fully saturated rings. The van der Waals surface area contributed by atoms with Crippen LogP contribution in [0.15, 0.2) is 53.1 Å². The van der Waals surface area contributed by atoms with E-state index in [4.69, 9.17) is 23.8 Å². The second-order valence-corrected chi connectivity index (χ2v) is 8.92. The third-order valence-electron chi connectivity index (χ3n) is 6.66. The van der Waals surface area contributed by atoms with Gasteiger partial charge in [0.05, 0.1) is 18.7 Å². The summed E-state index contributed by atoms with van der Waals surface area (Å²) < 4.78 is 38.2. The van der Waals surface area contributed by atoms with Crippen LogP contribution < -0.4 is 14.2 Å².